The maximum atomic E-state index is 12.3. The maximum absolute atomic E-state index is 12.3. The molecule has 0 unspecified atom stereocenters. The van der Waals surface area contributed by atoms with Crippen molar-refractivity contribution in [3.8, 4) is 0 Å². The first-order chi connectivity index (χ1) is 8.93. The SMILES string of the molecule is CCC(CC)N(C)C(=O)c1cccc([N+](=O)[O-])c1N. The zero-order valence-corrected chi connectivity index (χ0v) is 11.4. The lowest BCUT2D eigenvalue weighted by Crippen LogP contribution is -2.36. The van der Waals surface area contributed by atoms with E-state index in [2.05, 4.69) is 0 Å². The van der Waals surface area contributed by atoms with Crippen LogP contribution in [0.1, 0.15) is 37.0 Å². The zero-order chi connectivity index (χ0) is 14.6. The predicted octanol–water partition coefficient (Wildman–Crippen LogP) is 2.44. The standard InChI is InChI=1S/C13H19N3O3/c1-4-9(5-2)15(3)13(17)10-7-6-8-11(12(10)14)16(18)19/h6-9H,4-5,14H2,1-3H3. The summed E-state index contributed by atoms with van der Waals surface area (Å²) in [6, 6.07) is 4.39. The van der Waals surface area contributed by atoms with Crippen molar-refractivity contribution in [2.45, 2.75) is 32.7 Å². The number of nitrogens with zero attached hydrogens (tertiary/aromatic N) is 2. The number of hydrogen-bond donors (Lipinski definition) is 1. The Hall–Kier alpha value is -2.11. The number of para-hydroxylation sites is 1. The van der Waals surface area contributed by atoms with Crippen LogP contribution in [0.25, 0.3) is 0 Å². The van der Waals surface area contributed by atoms with Crippen LogP contribution in [0, 0.1) is 10.1 Å². The van der Waals surface area contributed by atoms with Gasteiger partial charge >= 0.3 is 0 Å². The van der Waals surface area contributed by atoms with Crippen molar-refractivity contribution in [1.29, 1.82) is 0 Å². The van der Waals surface area contributed by atoms with Crippen molar-refractivity contribution in [2.75, 3.05) is 12.8 Å². The quantitative estimate of drug-likeness (QED) is 0.503. The number of carbonyl (C=O) groups is 1. The average Bonchev–Trinajstić information content (AvgIpc) is 2.39. The van der Waals surface area contributed by atoms with Gasteiger partial charge in [-0.1, -0.05) is 19.9 Å². The molecule has 19 heavy (non-hydrogen) atoms. The molecular formula is C13H19N3O3. The number of nitro groups is 1. The summed E-state index contributed by atoms with van der Waals surface area (Å²) >= 11 is 0. The third-order valence-corrected chi connectivity index (χ3v) is 3.32. The lowest BCUT2D eigenvalue weighted by atomic mass is 10.1. The van der Waals surface area contributed by atoms with Crippen LogP contribution in [-0.2, 0) is 0 Å². The van der Waals surface area contributed by atoms with Gasteiger partial charge in [0.1, 0.15) is 5.69 Å². The molecular weight excluding hydrogens is 246 g/mol. The normalized spacial score (nSPS) is 10.5. The monoisotopic (exact) mass is 265 g/mol. The van der Waals surface area contributed by atoms with E-state index in [9.17, 15) is 14.9 Å². The van der Waals surface area contributed by atoms with Crippen molar-refractivity contribution in [2.24, 2.45) is 0 Å². The van der Waals surface area contributed by atoms with Crippen molar-refractivity contribution in [3.05, 3.63) is 33.9 Å². The Balaban J connectivity index is 3.13. The molecule has 0 aliphatic rings. The van der Waals surface area contributed by atoms with Gasteiger partial charge in [0.15, 0.2) is 0 Å². The number of carbonyl (C=O) groups excluding carboxylic acids is 1. The van der Waals surface area contributed by atoms with E-state index in [4.69, 9.17) is 5.73 Å². The first kappa shape index (κ1) is 14.9. The largest absolute Gasteiger partial charge is 0.393 e. The summed E-state index contributed by atoms with van der Waals surface area (Å²) in [4.78, 5) is 24.1. The number of nitrogens with two attached hydrogens (primary N) is 1. The molecule has 0 radical (unpaired) electrons. The number of benzene rings is 1. The Bertz CT molecular complexity index is 484. The van der Waals surface area contributed by atoms with Crippen molar-refractivity contribution in [1.82, 2.24) is 4.90 Å². The maximum Gasteiger partial charge on any atom is 0.292 e. The molecule has 0 atom stereocenters. The summed E-state index contributed by atoms with van der Waals surface area (Å²) in [6.07, 6.45) is 1.65. The lowest BCUT2D eigenvalue weighted by Gasteiger charge is -2.26. The van der Waals surface area contributed by atoms with Gasteiger partial charge in [0.25, 0.3) is 11.6 Å². The van der Waals surface area contributed by atoms with Gasteiger partial charge in [-0.3, -0.25) is 14.9 Å². The van der Waals surface area contributed by atoms with E-state index < -0.39 is 4.92 Å². The molecule has 1 amide bonds. The summed E-state index contributed by atoms with van der Waals surface area (Å²) in [5, 5.41) is 10.8. The molecule has 0 bridgehead atoms. The molecule has 0 spiro atoms. The van der Waals surface area contributed by atoms with E-state index >= 15 is 0 Å². The molecule has 1 aromatic rings. The molecule has 0 aliphatic heterocycles. The number of nitro benzene ring substituents is 1. The highest BCUT2D eigenvalue weighted by Crippen LogP contribution is 2.26. The third kappa shape index (κ3) is 3.01. The molecule has 1 aromatic carbocycles. The molecule has 0 aromatic heterocycles. The molecule has 0 heterocycles. The molecule has 2 N–H and O–H groups in total. The molecule has 0 aliphatic carbocycles. The Labute approximate surface area is 112 Å². The molecule has 104 valence electrons. The van der Waals surface area contributed by atoms with Gasteiger partial charge in [-0.05, 0) is 18.9 Å². The predicted molar refractivity (Wildman–Crippen MR) is 74.0 cm³/mol. The number of rotatable bonds is 5. The van der Waals surface area contributed by atoms with E-state index in [-0.39, 0.29) is 28.9 Å². The zero-order valence-electron chi connectivity index (χ0n) is 11.4. The fraction of sp³-hybridized carbons (Fsp3) is 0.462. The summed E-state index contributed by atoms with van der Waals surface area (Å²) in [5.41, 5.74) is 5.59. The van der Waals surface area contributed by atoms with Crippen LogP contribution < -0.4 is 5.73 Å². The molecule has 0 fully saturated rings. The molecule has 0 saturated carbocycles. The Morgan fingerprint density at radius 3 is 2.47 bits per heavy atom. The highest BCUT2D eigenvalue weighted by Gasteiger charge is 2.24. The summed E-state index contributed by atoms with van der Waals surface area (Å²) < 4.78 is 0. The third-order valence-electron chi connectivity index (χ3n) is 3.32. The topological polar surface area (TPSA) is 89.5 Å². The first-order valence-electron chi connectivity index (χ1n) is 6.24. The van der Waals surface area contributed by atoms with Crippen LogP contribution >= 0.6 is 0 Å². The van der Waals surface area contributed by atoms with Crippen LogP contribution in [0.2, 0.25) is 0 Å². The van der Waals surface area contributed by atoms with Crippen LogP contribution in [0.4, 0.5) is 11.4 Å². The van der Waals surface area contributed by atoms with Crippen LogP contribution in [0.15, 0.2) is 18.2 Å². The van der Waals surface area contributed by atoms with Gasteiger partial charge < -0.3 is 10.6 Å². The van der Waals surface area contributed by atoms with E-state index in [1.807, 2.05) is 13.8 Å². The van der Waals surface area contributed by atoms with Crippen molar-refractivity contribution >= 4 is 17.3 Å². The van der Waals surface area contributed by atoms with E-state index in [1.54, 1.807) is 11.9 Å². The van der Waals surface area contributed by atoms with Gasteiger partial charge in [-0.2, -0.15) is 0 Å². The summed E-state index contributed by atoms with van der Waals surface area (Å²) in [5.74, 6) is -0.282. The minimum Gasteiger partial charge on any atom is -0.393 e. The number of anilines is 1. The fourth-order valence-electron chi connectivity index (χ4n) is 2.09. The van der Waals surface area contributed by atoms with Gasteiger partial charge in [0, 0.05) is 19.2 Å². The van der Waals surface area contributed by atoms with Crippen molar-refractivity contribution < 1.29 is 9.72 Å². The first-order valence-corrected chi connectivity index (χ1v) is 6.24. The molecule has 0 saturated heterocycles. The van der Waals surface area contributed by atoms with Crippen LogP contribution in [0.5, 0.6) is 0 Å². The highest BCUT2D eigenvalue weighted by molar-refractivity contribution is 6.01. The van der Waals surface area contributed by atoms with Gasteiger partial charge in [-0.15, -0.1) is 0 Å². The summed E-state index contributed by atoms with van der Waals surface area (Å²) in [6.45, 7) is 3.99. The minimum atomic E-state index is -0.580. The van der Waals surface area contributed by atoms with E-state index in [1.165, 1.54) is 18.2 Å². The lowest BCUT2D eigenvalue weighted by molar-refractivity contribution is -0.383. The second-order valence-electron chi connectivity index (χ2n) is 4.38. The van der Waals surface area contributed by atoms with Crippen molar-refractivity contribution in [3.63, 3.8) is 0 Å². The Kier molecular flexibility index (Phi) is 4.86. The molecule has 1 rings (SSSR count). The average molecular weight is 265 g/mol. The number of amides is 1. The van der Waals surface area contributed by atoms with Crippen LogP contribution in [-0.4, -0.2) is 28.8 Å². The fourth-order valence-corrected chi connectivity index (χ4v) is 2.09. The molecule has 6 nitrogen and oxygen atoms in total. The highest BCUT2D eigenvalue weighted by atomic mass is 16.6. The second kappa shape index (κ2) is 6.17. The van der Waals surface area contributed by atoms with Gasteiger partial charge in [0.2, 0.25) is 0 Å². The van der Waals surface area contributed by atoms with Gasteiger partial charge in [-0.25, -0.2) is 0 Å². The smallest absolute Gasteiger partial charge is 0.292 e. The van der Waals surface area contributed by atoms with Gasteiger partial charge in [0.05, 0.1) is 10.5 Å². The van der Waals surface area contributed by atoms with E-state index in [0.29, 0.717) is 0 Å². The number of nitrogen functional groups attached to an aromatic ring is 1. The Morgan fingerprint density at radius 1 is 1.42 bits per heavy atom. The number of hydrogen-bond acceptors (Lipinski definition) is 4. The summed E-state index contributed by atoms with van der Waals surface area (Å²) in [7, 11) is 1.69. The van der Waals surface area contributed by atoms with E-state index in [0.717, 1.165) is 12.8 Å². The second-order valence-corrected chi connectivity index (χ2v) is 4.38. The van der Waals surface area contributed by atoms with Crippen LogP contribution in [0.3, 0.4) is 0 Å². The Morgan fingerprint density at radius 2 is 2.00 bits per heavy atom. The molecule has 6 heteroatoms. The minimum absolute atomic E-state index is 0.0738.